The van der Waals surface area contributed by atoms with Crippen LogP contribution in [0.15, 0.2) is 18.2 Å². The Morgan fingerprint density at radius 2 is 2.11 bits per heavy atom. The van der Waals surface area contributed by atoms with Gasteiger partial charge in [-0.15, -0.1) is 0 Å². The van der Waals surface area contributed by atoms with Gasteiger partial charge in [0, 0.05) is 13.2 Å². The SMILES string of the molecule is CCNC(CCc1ccc(OC)c(F)c1)COC. The Morgan fingerprint density at radius 1 is 1.33 bits per heavy atom. The van der Waals surface area contributed by atoms with E-state index in [-0.39, 0.29) is 5.82 Å². The van der Waals surface area contributed by atoms with Crippen molar-refractivity contribution in [2.45, 2.75) is 25.8 Å². The van der Waals surface area contributed by atoms with Crippen LogP contribution in [-0.4, -0.2) is 33.4 Å². The van der Waals surface area contributed by atoms with E-state index in [1.54, 1.807) is 13.2 Å². The first-order chi connectivity index (χ1) is 8.71. The van der Waals surface area contributed by atoms with Crippen molar-refractivity contribution in [3.63, 3.8) is 0 Å². The Morgan fingerprint density at radius 3 is 2.67 bits per heavy atom. The van der Waals surface area contributed by atoms with Gasteiger partial charge in [0.05, 0.1) is 13.7 Å². The van der Waals surface area contributed by atoms with Crippen molar-refractivity contribution in [1.29, 1.82) is 0 Å². The number of methoxy groups -OCH3 is 2. The van der Waals surface area contributed by atoms with Gasteiger partial charge in [0.25, 0.3) is 0 Å². The number of benzene rings is 1. The van der Waals surface area contributed by atoms with Crippen LogP contribution in [0.3, 0.4) is 0 Å². The van der Waals surface area contributed by atoms with Crippen LogP contribution in [0.2, 0.25) is 0 Å². The van der Waals surface area contributed by atoms with E-state index in [1.807, 2.05) is 6.07 Å². The summed E-state index contributed by atoms with van der Waals surface area (Å²) in [5.74, 6) is -0.0133. The highest BCUT2D eigenvalue weighted by Gasteiger charge is 2.08. The molecule has 0 heterocycles. The maximum atomic E-state index is 13.5. The van der Waals surface area contributed by atoms with Crippen LogP contribution in [-0.2, 0) is 11.2 Å². The van der Waals surface area contributed by atoms with Crippen molar-refractivity contribution in [2.24, 2.45) is 0 Å². The van der Waals surface area contributed by atoms with Gasteiger partial charge in [0.15, 0.2) is 11.6 Å². The minimum absolute atomic E-state index is 0.291. The van der Waals surface area contributed by atoms with Gasteiger partial charge in [-0.1, -0.05) is 13.0 Å². The van der Waals surface area contributed by atoms with Crippen LogP contribution in [0, 0.1) is 5.82 Å². The van der Waals surface area contributed by atoms with E-state index in [4.69, 9.17) is 9.47 Å². The molecule has 1 atom stereocenters. The molecular weight excluding hydrogens is 233 g/mol. The first-order valence-corrected chi connectivity index (χ1v) is 6.26. The molecule has 1 aromatic rings. The van der Waals surface area contributed by atoms with E-state index in [1.165, 1.54) is 13.2 Å². The van der Waals surface area contributed by atoms with Crippen LogP contribution in [0.25, 0.3) is 0 Å². The normalized spacial score (nSPS) is 12.4. The Kier molecular flexibility index (Phi) is 6.68. The molecule has 1 aromatic carbocycles. The van der Waals surface area contributed by atoms with E-state index >= 15 is 0 Å². The fourth-order valence-corrected chi connectivity index (χ4v) is 1.94. The second-order valence-corrected chi connectivity index (χ2v) is 4.22. The largest absolute Gasteiger partial charge is 0.494 e. The van der Waals surface area contributed by atoms with Crippen molar-refractivity contribution in [2.75, 3.05) is 27.4 Å². The molecule has 0 radical (unpaired) electrons. The number of hydrogen-bond acceptors (Lipinski definition) is 3. The predicted molar refractivity (Wildman–Crippen MR) is 70.6 cm³/mol. The fraction of sp³-hybridized carbons (Fsp3) is 0.571. The first-order valence-electron chi connectivity index (χ1n) is 6.26. The van der Waals surface area contributed by atoms with Crippen molar-refractivity contribution < 1.29 is 13.9 Å². The molecule has 4 heteroatoms. The number of likely N-dealkylation sites (N-methyl/N-ethyl adjacent to an activating group) is 1. The zero-order valence-electron chi connectivity index (χ0n) is 11.3. The lowest BCUT2D eigenvalue weighted by Gasteiger charge is -2.16. The van der Waals surface area contributed by atoms with Crippen LogP contribution in [0.4, 0.5) is 4.39 Å². The Hall–Kier alpha value is -1.13. The first kappa shape index (κ1) is 14.9. The summed E-state index contributed by atoms with van der Waals surface area (Å²) in [5.41, 5.74) is 0.979. The summed E-state index contributed by atoms with van der Waals surface area (Å²) in [6.07, 6.45) is 1.75. The lowest BCUT2D eigenvalue weighted by molar-refractivity contribution is 0.163. The third kappa shape index (κ3) is 4.63. The molecule has 0 fully saturated rings. The molecule has 0 aliphatic carbocycles. The van der Waals surface area contributed by atoms with Crippen LogP contribution < -0.4 is 10.1 Å². The summed E-state index contributed by atoms with van der Waals surface area (Å²) >= 11 is 0. The quantitative estimate of drug-likeness (QED) is 0.773. The average Bonchev–Trinajstić information content (AvgIpc) is 2.36. The molecule has 0 amide bonds. The minimum Gasteiger partial charge on any atom is -0.494 e. The summed E-state index contributed by atoms with van der Waals surface area (Å²) < 4.78 is 23.5. The van der Waals surface area contributed by atoms with Crippen molar-refractivity contribution in [3.05, 3.63) is 29.6 Å². The smallest absolute Gasteiger partial charge is 0.165 e. The zero-order chi connectivity index (χ0) is 13.4. The highest BCUT2D eigenvalue weighted by molar-refractivity contribution is 5.29. The van der Waals surface area contributed by atoms with E-state index in [2.05, 4.69) is 12.2 Å². The molecular formula is C14H22FNO2. The number of hydrogen-bond donors (Lipinski definition) is 1. The summed E-state index contributed by atoms with van der Waals surface area (Å²) in [5, 5.41) is 3.35. The third-order valence-electron chi connectivity index (χ3n) is 2.86. The summed E-state index contributed by atoms with van der Waals surface area (Å²) in [6.45, 7) is 3.65. The fourth-order valence-electron chi connectivity index (χ4n) is 1.94. The molecule has 0 saturated heterocycles. The van der Waals surface area contributed by atoms with E-state index in [0.717, 1.165) is 24.9 Å². The number of nitrogens with one attached hydrogen (secondary N) is 1. The Bertz CT molecular complexity index is 352. The number of ether oxygens (including phenoxy) is 2. The van der Waals surface area contributed by atoms with Gasteiger partial charge in [-0.2, -0.15) is 0 Å². The molecule has 3 nitrogen and oxygen atoms in total. The molecule has 0 bridgehead atoms. The van der Waals surface area contributed by atoms with Crippen molar-refractivity contribution in [3.8, 4) is 5.75 Å². The van der Waals surface area contributed by atoms with Gasteiger partial charge in [0.2, 0.25) is 0 Å². The monoisotopic (exact) mass is 255 g/mol. The van der Waals surface area contributed by atoms with Crippen molar-refractivity contribution >= 4 is 0 Å². The molecule has 18 heavy (non-hydrogen) atoms. The number of aryl methyl sites for hydroxylation is 1. The third-order valence-corrected chi connectivity index (χ3v) is 2.86. The van der Waals surface area contributed by atoms with E-state index in [0.29, 0.717) is 18.4 Å². The number of halogens is 1. The van der Waals surface area contributed by atoms with E-state index < -0.39 is 0 Å². The van der Waals surface area contributed by atoms with E-state index in [9.17, 15) is 4.39 Å². The molecule has 0 aromatic heterocycles. The summed E-state index contributed by atoms with van der Waals surface area (Å²) in [7, 11) is 3.16. The highest BCUT2D eigenvalue weighted by atomic mass is 19.1. The minimum atomic E-state index is -0.304. The topological polar surface area (TPSA) is 30.5 Å². The maximum absolute atomic E-state index is 13.5. The van der Waals surface area contributed by atoms with Gasteiger partial charge in [-0.25, -0.2) is 4.39 Å². The zero-order valence-corrected chi connectivity index (χ0v) is 11.3. The predicted octanol–water partition coefficient (Wildman–Crippen LogP) is 2.39. The van der Waals surface area contributed by atoms with Gasteiger partial charge in [-0.3, -0.25) is 0 Å². The van der Waals surface area contributed by atoms with Crippen LogP contribution >= 0.6 is 0 Å². The molecule has 102 valence electrons. The lowest BCUT2D eigenvalue weighted by atomic mass is 10.1. The molecule has 0 aliphatic heterocycles. The molecule has 1 rings (SSSR count). The van der Waals surface area contributed by atoms with Gasteiger partial charge in [0.1, 0.15) is 0 Å². The van der Waals surface area contributed by atoms with Crippen LogP contribution in [0.1, 0.15) is 18.9 Å². The average molecular weight is 255 g/mol. The lowest BCUT2D eigenvalue weighted by Crippen LogP contribution is -2.33. The van der Waals surface area contributed by atoms with Gasteiger partial charge >= 0.3 is 0 Å². The second kappa shape index (κ2) is 8.06. The highest BCUT2D eigenvalue weighted by Crippen LogP contribution is 2.18. The van der Waals surface area contributed by atoms with Crippen molar-refractivity contribution in [1.82, 2.24) is 5.32 Å². The van der Waals surface area contributed by atoms with Crippen LogP contribution in [0.5, 0.6) is 5.75 Å². The Labute approximate surface area is 108 Å². The molecule has 1 N–H and O–H groups in total. The molecule has 0 spiro atoms. The molecule has 0 aliphatic rings. The standard InChI is InChI=1S/C14H22FNO2/c1-4-16-12(10-17-2)7-5-11-6-8-14(18-3)13(15)9-11/h6,8-9,12,16H,4-5,7,10H2,1-3H3. The van der Waals surface area contributed by atoms with Gasteiger partial charge < -0.3 is 14.8 Å². The van der Waals surface area contributed by atoms with Gasteiger partial charge in [-0.05, 0) is 37.1 Å². The molecule has 0 saturated carbocycles. The Balaban J connectivity index is 2.53. The number of rotatable bonds is 8. The second-order valence-electron chi connectivity index (χ2n) is 4.22. The maximum Gasteiger partial charge on any atom is 0.165 e. The summed E-state index contributed by atoms with van der Waals surface area (Å²) in [6, 6.07) is 5.42. The molecule has 1 unspecified atom stereocenters. The summed E-state index contributed by atoms with van der Waals surface area (Å²) in [4.78, 5) is 0.